The van der Waals surface area contributed by atoms with E-state index in [1.165, 1.54) is 0 Å². The topological polar surface area (TPSA) is 48.1 Å². The molecule has 1 aromatic heterocycles. The van der Waals surface area contributed by atoms with Gasteiger partial charge >= 0.3 is 0 Å². The Morgan fingerprint density at radius 2 is 2.18 bits per heavy atom. The molecule has 1 aromatic rings. The summed E-state index contributed by atoms with van der Waals surface area (Å²) in [5.74, 6) is 0. The van der Waals surface area contributed by atoms with Crippen LogP contribution in [0.2, 0.25) is 0 Å². The van der Waals surface area contributed by atoms with E-state index in [1.54, 1.807) is 19.5 Å². The Morgan fingerprint density at radius 1 is 1.55 bits per heavy atom. The first-order valence-electron chi connectivity index (χ1n) is 3.51. The van der Waals surface area contributed by atoms with Gasteiger partial charge in [-0.25, -0.2) is 0 Å². The van der Waals surface area contributed by atoms with Crippen LogP contribution in [-0.2, 0) is 4.74 Å². The quantitative estimate of drug-likeness (QED) is 0.694. The highest BCUT2D eigenvalue weighted by Crippen LogP contribution is 2.12. The summed E-state index contributed by atoms with van der Waals surface area (Å²) in [6, 6.07) is 3.81. The van der Waals surface area contributed by atoms with Crippen molar-refractivity contribution in [3.05, 3.63) is 30.1 Å². The van der Waals surface area contributed by atoms with Gasteiger partial charge < -0.3 is 10.5 Å². The molecule has 0 bridgehead atoms. The summed E-state index contributed by atoms with van der Waals surface area (Å²) in [6.45, 7) is 0.501. The Hall–Kier alpha value is -0.930. The van der Waals surface area contributed by atoms with Crippen LogP contribution in [0.25, 0.3) is 0 Å². The third-order valence-electron chi connectivity index (χ3n) is 1.58. The fraction of sp³-hybridized carbons (Fsp3) is 0.375. The van der Waals surface area contributed by atoms with E-state index in [0.29, 0.717) is 6.54 Å². The predicted octanol–water partition coefficient (Wildman–Crippen LogP) is 0.728. The van der Waals surface area contributed by atoms with Crippen LogP contribution in [-0.4, -0.2) is 18.6 Å². The average molecular weight is 152 g/mol. The predicted molar refractivity (Wildman–Crippen MR) is 43.0 cm³/mol. The maximum atomic E-state index is 5.47. The van der Waals surface area contributed by atoms with Crippen molar-refractivity contribution in [3.8, 4) is 0 Å². The maximum absolute atomic E-state index is 5.47. The van der Waals surface area contributed by atoms with E-state index in [9.17, 15) is 0 Å². The molecule has 1 heterocycles. The fourth-order valence-electron chi connectivity index (χ4n) is 0.946. The molecule has 0 amide bonds. The minimum Gasteiger partial charge on any atom is -0.375 e. The highest BCUT2D eigenvalue weighted by molar-refractivity contribution is 5.13. The van der Waals surface area contributed by atoms with E-state index in [4.69, 9.17) is 10.5 Å². The molecule has 11 heavy (non-hydrogen) atoms. The number of methoxy groups -OCH3 is 1. The Balaban J connectivity index is 2.74. The van der Waals surface area contributed by atoms with Crippen molar-refractivity contribution >= 4 is 0 Å². The molecule has 3 nitrogen and oxygen atoms in total. The monoisotopic (exact) mass is 152 g/mol. The fourth-order valence-corrected chi connectivity index (χ4v) is 0.946. The number of rotatable bonds is 3. The Morgan fingerprint density at radius 3 is 2.64 bits per heavy atom. The number of hydrogen-bond acceptors (Lipinski definition) is 3. The van der Waals surface area contributed by atoms with Crippen molar-refractivity contribution in [1.82, 2.24) is 4.98 Å². The standard InChI is InChI=1S/C8H12N2O/c1-11-8(6-9)7-2-4-10-5-3-7/h2-5,8H,6,9H2,1H3. The maximum Gasteiger partial charge on any atom is 0.0944 e. The molecule has 1 rings (SSSR count). The molecule has 0 aliphatic heterocycles. The summed E-state index contributed by atoms with van der Waals surface area (Å²) >= 11 is 0. The van der Waals surface area contributed by atoms with E-state index < -0.39 is 0 Å². The number of pyridine rings is 1. The molecule has 3 heteroatoms. The van der Waals surface area contributed by atoms with Gasteiger partial charge in [-0.1, -0.05) is 0 Å². The van der Waals surface area contributed by atoms with E-state index in [0.717, 1.165) is 5.56 Å². The van der Waals surface area contributed by atoms with Crippen LogP contribution >= 0.6 is 0 Å². The van der Waals surface area contributed by atoms with Crippen LogP contribution in [0.1, 0.15) is 11.7 Å². The van der Waals surface area contributed by atoms with E-state index in [2.05, 4.69) is 4.98 Å². The van der Waals surface area contributed by atoms with Crippen LogP contribution < -0.4 is 5.73 Å². The summed E-state index contributed by atoms with van der Waals surface area (Å²) in [4.78, 5) is 3.90. The molecule has 0 radical (unpaired) electrons. The Labute approximate surface area is 66.2 Å². The van der Waals surface area contributed by atoms with Crippen LogP contribution in [0.3, 0.4) is 0 Å². The molecule has 2 N–H and O–H groups in total. The normalized spacial score (nSPS) is 12.9. The number of hydrogen-bond donors (Lipinski definition) is 1. The lowest BCUT2D eigenvalue weighted by Gasteiger charge is -2.11. The van der Waals surface area contributed by atoms with Crippen molar-refractivity contribution in [3.63, 3.8) is 0 Å². The zero-order valence-electron chi connectivity index (χ0n) is 6.53. The Bertz CT molecular complexity index is 197. The lowest BCUT2D eigenvalue weighted by atomic mass is 10.1. The van der Waals surface area contributed by atoms with Crippen molar-refractivity contribution < 1.29 is 4.74 Å². The largest absolute Gasteiger partial charge is 0.375 e. The molecule has 0 spiro atoms. The number of nitrogens with two attached hydrogens (primary N) is 1. The highest BCUT2D eigenvalue weighted by atomic mass is 16.5. The van der Waals surface area contributed by atoms with Crippen LogP contribution in [0.15, 0.2) is 24.5 Å². The summed E-state index contributed by atoms with van der Waals surface area (Å²) in [7, 11) is 1.65. The van der Waals surface area contributed by atoms with E-state index in [1.807, 2.05) is 12.1 Å². The first kappa shape index (κ1) is 8.17. The smallest absolute Gasteiger partial charge is 0.0944 e. The molecule has 0 saturated heterocycles. The highest BCUT2D eigenvalue weighted by Gasteiger charge is 2.05. The van der Waals surface area contributed by atoms with Gasteiger partial charge in [0.1, 0.15) is 0 Å². The molecular formula is C8H12N2O. The summed E-state index contributed by atoms with van der Waals surface area (Å²) in [6.07, 6.45) is 3.46. The molecule has 1 atom stereocenters. The molecule has 0 saturated carbocycles. The van der Waals surface area contributed by atoms with Gasteiger partial charge in [-0.05, 0) is 17.7 Å². The second-order valence-corrected chi connectivity index (χ2v) is 2.24. The molecular weight excluding hydrogens is 140 g/mol. The molecule has 0 aromatic carbocycles. The lowest BCUT2D eigenvalue weighted by molar-refractivity contribution is 0.110. The van der Waals surface area contributed by atoms with Crippen molar-refractivity contribution in [2.75, 3.05) is 13.7 Å². The van der Waals surface area contributed by atoms with Crippen molar-refractivity contribution in [2.24, 2.45) is 5.73 Å². The van der Waals surface area contributed by atoms with Gasteiger partial charge in [-0.2, -0.15) is 0 Å². The van der Waals surface area contributed by atoms with E-state index in [-0.39, 0.29) is 6.10 Å². The average Bonchev–Trinajstić information content (AvgIpc) is 2.09. The van der Waals surface area contributed by atoms with E-state index >= 15 is 0 Å². The van der Waals surface area contributed by atoms with Crippen molar-refractivity contribution in [1.29, 1.82) is 0 Å². The second-order valence-electron chi connectivity index (χ2n) is 2.24. The second kappa shape index (κ2) is 4.05. The van der Waals surface area contributed by atoms with Crippen LogP contribution in [0.5, 0.6) is 0 Å². The lowest BCUT2D eigenvalue weighted by Crippen LogP contribution is -2.13. The summed E-state index contributed by atoms with van der Waals surface area (Å²) in [5.41, 5.74) is 6.54. The minimum atomic E-state index is -0.00185. The van der Waals surface area contributed by atoms with Gasteiger partial charge in [0.05, 0.1) is 6.10 Å². The first-order valence-corrected chi connectivity index (χ1v) is 3.51. The van der Waals surface area contributed by atoms with Crippen molar-refractivity contribution in [2.45, 2.75) is 6.10 Å². The SMILES string of the molecule is COC(CN)c1ccncc1. The number of nitrogens with zero attached hydrogens (tertiary/aromatic N) is 1. The van der Waals surface area contributed by atoms with Gasteiger partial charge in [-0.3, -0.25) is 4.98 Å². The van der Waals surface area contributed by atoms with Crippen LogP contribution in [0.4, 0.5) is 0 Å². The molecule has 0 aliphatic carbocycles. The van der Waals surface area contributed by atoms with Gasteiger partial charge in [0.15, 0.2) is 0 Å². The van der Waals surface area contributed by atoms with Gasteiger partial charge in [0.25, 0.3) is 0 Å². The third kappa shape index (κ3) is 2.00. The minimum absolute atomic E-state index is 0.00185. The molecule has 1 unspecified atom stereocenters. The zero-order chi connectivity index (χ0) is 8.10. The number of aromatic nitrogens is 1. The molecule has 0 fully saturated rings. The third-order valence-corrected chi connectivity index (χ3v) is 1.58. The molecule has 0 aliphatic rings. The Kier molecular flexibility index (Phi) is 3.01. The van der Waals surface area contributed by atoms with Gasteiger partial charge in [-0.15, -0.1) is 0 Å². The summed E-state index contributed by atoms with van der Waals surface area (Å²) in [5, 5.41) is 0. The number of ether oxygens (including phenoxy) is 1. The molecule has 60 valence electrons. The summed E-state index contributed by atoms with van der Waals surface area (Å²) < 4.78 is 5.13. The zero-order valence-corrected chi connectivity index (χ0v) is 6.53. The van der Waals surface area contributed by atoms with Gasteiger partial charge in [0.2, 0.25) is 0 Å². The van der Waals surface area contributed by atoms with Crippen LogP contribution in [0, 0.1) is 0 Å². The van der Waals surface area contributed by atoms with Gasteiger partial charge in [0, 0.05) is 26.0 Å². The first-order chi connectivity index (χ1) is 5.38.